The van der Waals surface area contributed by atoms with E-state index < -0.39 is 0 Å². The van der Waals surface area contributed by atoms with Gasteiger partial charge in [-0.15, -0.1) is 0 Å². The summed E-state index contributed by atoms with van der Waals surface area (Å²) in [4.78, 5) is 37.8. The molecule has 5 heteroatoms. The summed E-state index contributed by atoms with van der Waals surface area (Å²) in [5.41, 5.74) is 2.06. The molecule has 0 radical (unpaired) electrons. The van der Waals surface area contributed by atoms with Gasteiger partial charge in [0.15, 0.2) is 0 Å². The van der Waals surface area contributed by atoms with Gasteiger partial charge in [0.05, 0.1) is 11.1 Å². The zero-order valence-electron chi connectivity index (χ0n) is 14.8. The summed E-state index contributed by atoms with van der Waals surface area (Å²) in [7, 11) is 0. The molecule has 0 saturated heterocycles. The van der Waals surface area contributed by atoms with Crippen LogP contribution >= 0.6 is 0 Å². The summed E-state index contributed by atoms with van der Waals surface area (Å²) in [6.45, 7) is 2.06. The molecule has 2 aromatic rings. The van der Waals surface area contributed by atoms with Gasteiger partial charge in [0.1, 0.15) is 0 Å². The highest BCUT2D eigenvalue weighted by Crippen LogP contribution is 2.22. The van der Waals surface area contributed by atoms with E-state index in [0.717, 1.165) is 17.7 Å². The van der Waals surface area contributed by atoms with Gasteiger partial charge in [-0.3, -0.25) is 19.3 Å². The first kappa shape index (κ1) is 17.9. The first-order chi connectivity index (χ1) is 12.6. The van der Waals surface area contributed by atoms with Gasteiger partial charge >= 0.3 is 0 Å². The van der Waals surface area contributed by atoms with Crippen molar-refractivity contribution < 1.29 is 14.4 Å². The Morgan fingerprint density at radius 3 is 2.15 bits per heavy atom. The van der Waals surface area contributed by atoms with E-state index in [1.54, 1.807) is 24.3 Å². The minimum absolute atomic E-state index is 0.0323. The lowest BCUT2D eigenvalue weighted by Gasteiger charge is -2.16. The molecule has 0 unspecified atom stereocenters. The Morgan fingerprint density at radius 2 is 1.54 bits per heavy atom. The molecule has 1 aliphatic heterocycles. The van der Waals surface area contributed by atoms with Crippen LogP contribution in [0, 0.1) is 0 Å². The summed E-state index contributed by atoms with van der Waals surface area (Å²) in [6.07, 6.45) is 1.84. The second-order valence-electron chi connectivity index (χ2n) is 6.55. The first-order valence-corrected chi connectivity index (χ1v) is 8.85. The highest BCUT2D eigenvalue weighted by molar-refractivity contribution is 6.21. The topological polar surface area (TPSA) is 66.5 Å². The van der Waals surface area contributed by atoms with Gasteiger partial charge in [0.25, 0.3) is 11.8 Å². The quantitative estimate of drug-likeness (QED) is 0.781. The number of hydrogen-bond donors (Lipinski definition) is 1. The number of nitrogens with zero attached hydrogens (tertiary/aromatic N) is 1. The molecule has 1 N–H and O–H groups in total. The number of fused-ring (bicyclic) bond motifs is 1. The number of carbonyl (C=O) groups excluding carboxylic acids is 3. The fourth-order valence-corrected chi connectivity index (χ4v) is 3.10. The van der Waals surface area contributed by atoms with Crippen molar-refractivity contribution in [1.82, 2.24) is 10.2 Å². The molecule has 0 saturated carbocycles. The molecule has 2 aromatic carbocycles. The molecule has 134 valence electrons. The maximum absolute atomic E-state index is 12.3. The van der Waals surface area contributed by atoms with Crippen molar-refractivity contribution in [1.29, 1.82) is 0 Å². The molecule has 1 aliphatic rings. The zero-order chi connectivity index (χ0) is 18.5. The van der Waals surface area contributed by atoms with Crippen LogP contribution < -0.4 is 5.32 Å². The molecule has 3 amide bonds. The fourth-order valence-electron chi connectivity index (χ4n) is 3.10. The molecule has 3 rings (SSSR count). The number of carbonyl (C=O) groups is 3. The van der Waals surface area contributed by atoms with Gasteiger partial charge in [-0.1, -0.05) is 42.5 Å². The third kappa shape index (κ3) is 3.99. The van der Waals surface area contributed by atoms with Crippen LogP contribution in [0.5, 0.6) is 0 Å². The van der Waals surface area contributed by atoms with Gasteiger partial charge in [-0.05, 0) is 37.5 Å². The summed E-state index contributed by atoms with van der Waals surface area (Å²) < 4.78 is 0. The lowest BCUT2D eigenvalue weighted by Crippen LogP contribution is -2.37. The van der Waals surface area contributed by atoms with Crippen LogP contribution in [0.15, 0.2) is 54.6 Å². The fraction of sp³-hybridized carbons (Fsp3) is 0.286. The van der Waals surface area contributed by atoms with Gasteiger partial charge in [0.2, 0.25) is 5.91 Å². The number of amides is 3. The van der Waals surface area contributed by atoms with E-state index >= 15 is 0 Å². The van der Waals surface area contributed by atoms with E-state index in [9.17, 15) is 14.4 Å². The van der Waals surface area contributed by atoms with Crippen molar-refractivity contribution in [3.8, 4) is 0 Å². The van der Waals surface area contributed by atoms with Crippen molar-refractivity contribution >= 4 is 17.7 Å². The van der Waals surface area contributed by atoms with Crippen molar-refractivity contribution in [2.75, 3.05) is 6.54 Å². The second kappa shape index (κ2) is 7.95. The Kier molecular flexibility index (Phi) is 5.46. The molecule has 0 fully saturated rings. The van der Waals surface area contributed by atoms with E-state index in [-0.39, 0.29) is 36.7 Å². The minimum atomic E-state index is -0.324. The smallest absolute Gasteiger partial charge is 0.261 e. The van der Waals surface area contributed by atoms with E-state index in [1.165, 1.54) is 5.56 Å². The number of rotatable bonds is 7. The SMILES string of the molecule is C[C@H](CCc1ccccc1)NC(=O)CCN1C(=O)c2ccccc2C1=O. The normalized spacial score (nSPS) is 14.3. The number of benzene rings is 2. The third-order valence-corrected chi connectivity index (χ3v) is 4.56. The van der Waals surface area contributed by atoms with E-state index in [1.807, 2.05) is 25.1 Å². The predicted molar refractivity (Wildman–Crippen MR) is 98.8 cm³/mol. The van der Waals surface area contributed by atoms with Gasteiger partial charge < -0.3 is 5.32 Å². The maximum atomic E-state index is 12.3. The average Bonchev–Trinajstić information content (AvgIpc) is 2.90. The Hall–Kier alpha value is -2.95. The van der Waals surface area contributed by atoms with Crippen LogP contribution in [-0.4, -0.2) is 35.2 Å². The third-order valence-electron chi connectivity index (χ3n) is 4.56. The van der Waals surface area contributed by atoms with E-state index in [2.05, 4.69) is 17.4 Å². The Labute approximate surface area is 153 Å². The lowest BCUT2D eigenvalue weighted by atomic mass is 10.1. The lowest BCUT2D eigenvalue weighted by molar-refractivity contribution is -0.121. The molecule has 26 heavy (non-hydrogen) atoms. The number of nitrogens with one attached hydrogen (secondary N) is 1. The summed E-state index contributed by atoms with van der Waals surface area (Å²) in [6, 6.07) is 16.9. The highest BCUT2D eigenvalue weighted by atomic mass is 16.2. The van der Waals surface area contributed by atoms with Crippen LogP contribution in [0.1, 0.15) is 46.0 Å². The number of hydrogen-bond acceptors (Lipinski definition) is 3. The van der Waals surface area contributed by atoms with E-state index in [0.29, 0.717) is 11.1 Å². The zero-order valence-corrected chi connectivity index (χ0v) is 14.8. The molecule has 0 bridgehead atoms. The van der Waals surface area contributed by atoms with Gasteiger partial charge in [-0.2, -0.15) is 0 Å². The molecule has 0 aromatic heterocycles. The second-order valence-corrected chi connectivity index (χ2v) is 6.55. The van der Waals surface area contributed by atoms with Crippen LogP contribution in [-0.2, 0) is 11.2 Å². The number of aryl methyl sites for hydroxylation is 1. The van der Waals surface area contributed by atoms with Crippen LogP contribution in [0.3, 0.4) is 0 Å². The van der Waals surface area contributed by atoms with Crippen molar-refractivity contribution in [3.05, 3.63) is 71.3 Å². The Balaban J connectivity index is 1.46. The van der Waals surface area contributed by atoms with Crippen molar-refractivity contribution in [3.63, 3.8) is 0 Å². The van der Waals surface area contributed by atoms with Crippen molar-refractivity contribution in [2.24, 2.45) is 0 Å². The largest absolute Gasteiger partial charge is 0.354 e. The van der Waals surface area contributed by atoms with Crippen LogP contribution in [0.4, 0.5) is 0 Å². The molecule has 5 nitrogen and oxygen atoms in total. The standard InChI is InChI=1S/C21H22N2O3/c1-15(11-12-16-7-3-2-4-8-16)22-19(24)13-14-23-20(25)17-9-5-6-10-18(17)21(23)26/h2-10,15H,11-14H2,1H3,(H,22,24)/t15-/m1/s1. The minimum Gasteiger partial charge on any atom is -0.354 e. The maximum Gasteiger partial charge on any atom is 0.261 e. The molecule has 1 heterocycles. The van der Waals surface area contributed by atoms with Crippen LogP contribution in [0.2, 0.25) is 0 Å². The highest BCUT2D eigenvalue weighted by Gasteiger charge is 2.34. The Morgan fingerprint density at radius 1 is 0.962 bits per heavy atom. The van der Waals surface area contributed by atoms with Crippen molar-refractivity contribution in [2.45, 2.75) is 32.2 Å². The molecule has 1 atom stereocenters. The molecular weight excluding hydrogens is 328 g/mol. The van der Waals surface area contributed by atoms with E-state index in [4.69, 9.17) is 0 Å². The summed E-state index contributed by atoms with van der Waals surface area (Å²) in [5, 5.41) is 2.94. The summed E-state index contributed by atoms with van der Waals surface area (Å²) in [5.74, 6) is -0.798. The van der Waals surface area contributed by atoms with Gasteiger partial charge in [-0.25, -0.2) is 0 Å². The molecular formula is C21H22N2O3. The predicted octanol–water partition coefficient (Wildman–Crippen LogP) is 2.81. The Bertz CT molecular complexity index is 782. The average molecular weight is 350 g/mol. The monoisotopic (exact) mass is 350 g/mol. The molecule has 0 aliphatic carbocycles. The number of imide groups is 1. The summed E-state index contributed by atoms with van der Waals surface area (Å²) >= 11 is 0. The van der Waals surface area contributed by atoms with Gasteiger partial charge in [0, 0.05) is 19.0 Å². The van der Waals surface area contributed by atoms with Crippen LogP contribution in [0.25, 0.3) is 0 Å². The molecule has 0 spiro atoms. The first-order valence-electron chi connectivity index (χ1n) is 8.85.